The number of rotatable bonds is 6. The molecule has 1 N–H and O–H groups in total. The maximum absolute atomic E-state index is 9.39. The van der Waals surface area contributed by atoms with Crippen molar-refractivity contribution in [3.05, 3.63) is 29.8 Å². The molecule has 3 heteroatoms. The normalized spacial score (nSPS) is 12.7. The zero-order chi connectivity index (χ0) is 14.5. The van der Waals surface area contributed by atoms with Crippen molar-refractivity contribution < 1.29 is 9.53 Å². The van der Waals surface area contributed by atoms with Crippen molar-refractivity contribution in [2.45, 2.75) is 58.2 Å². The molecule has 0 spiro atoms. The highest BCUT2D eigenvalue weighted by Crippen LogP contribution is 2.36. The van der Waals surface area contributed by atoms with Crippen molar-refractivity contribution >= 4 is 8.32 Å². The molecule has 0 aromatic heterocycles. The molecule has 0 amide bonds. The van der Waals surface area contributed by atoms with Gasteiger partial charge in [0.25, 0.3) is 0 Å². The first kappa shape index (κ1) is 16.3. The summed E-state index contributed by atoms with van der Waals surface area (Å²) >= 11 is 0. The smallest absolute Gasteiger partial charge is 0.191 e. The number of hydrogen-bond acceptors (Lipinski definition) is 2. The largest absolute Gasteiger partial charge is 0.508 e. The molecule has 0 saturated heterocycles. The molecule has 0 heterocycles. The van der Waals surface area contributed by atoms with E-state index < -0.39 is 8.32 Å². The Kier molecular flexibility index (Phi) is 5.62. The number of phenolic OH excluding ortho intramolecular Hbond substituents is 1. The molecule has 1 aromatic rings. The molecule has 0 aliphatic heterocycles. The highest BCUT2D eigenvalue weighted by Gasteiger charge is 2.36. The van der Waals surface area contributed by atoms with Gasteiger partial charge in [-0.25, -0.2) is 0 Å². The Morgan fingerprint density at radius 1 is 1.16 bits per heavy atom. The number of aromatic hydroxyl groups is 1. The third kappa shape index (κ3) is 5.37. The molecule has 0 atom stereocenters. The molecule has 0 bridgehead atoms. The van der Waals surface area contributed by atoms with Gasteiger partial charge in [0.05, 0.1) is 0 Å². The fourth-order valence-corrected chi connectivity index (χ4v) is 2.77. The number of benzene rings is 1. The van der Waals surface area contributed by atoms with Crippen LogP contribution in [0.2, 0.25) is 18.1 Å². The van der Waals surface area contributed by atoms with Gasteiger partial charge in [0.15, 0.2) is 8.32 Å². The van der Waals surface area contributed by atoms with Gasteiger partial charge in [0, 0.05) is 6.61 Å². The fraction of sp³-hybridized carbons (Fsp3) is 0.625. The summed E-state index contributed by atoms with van der Waals surface area (Å²) in [5.41, 5.74) is 1.20. The average molecular weight is 280 g/mol. The lowest BCUT2D eigenvalue weighted by atomic mass is 10.1. The second kappa shape index (κ2) is 6.57. The van der Waals surface area contributed by atoms with Crippen LogP contribution in [0, 0.1) is 0 Å². The molecule has 0 unspecified atom stereocenters. The van der Waals surface area contributed by atoms with Gasteiger partial charge in [-0.3, -0.25) is 0 Å². The summed E-state index contributed by atoms with van der Waals surface area (Å²) < 4.78 is 6.15. The van der Waals surface area contributed by atoms with Crippen molar-refractivity contribution in [1.82, 2.24) is 0 Å². The van der Waals surface area contributed by atoms with Crippen molar-refractivity contribution in [2.24, 2.45) is 0 Å². The Bertz CT molecular complexity index is 394. The van der Waals surface area contributed by atoms with E-state index in [1.54, 1.807) is 6.07 Å². The summed E-state index contributed by atoms with van der Waals surface area (Å²) in [6.45, 7) is 12.3. The zero-order valence-corrected chi connectivity index (χ0v) is 14.0. The van der Waals surface area contributed by atoms with Gasteiger partial charge in [0.2, 0.25) is 0 Å². The van der Waals surface area contributed by atoms with Crippen LogP contribution in [0.3, 0.4) is 0 Å². The van der Waals surface area contributed by atoms with E-state index in [4.69, 9.17) is 4.43 Å². The van der Waals surface area contributed by atoms with Crippen LogP contribution in [-0.4, -0.2) is 20.0 Å². The quantitative estimate of drug-likeness (QED) is 0.602. The van der Waals surface area contributed by atoms with Crippen LogP contribution >= 0.6 is 0 Å². The van der Waals surface area contributed by atoms with E-state index >= 15 is 0 Å². The molecule has 2 nitrogen and oxygen atoms in total. The lowest BCUT2D eigenvalue weighted by molar-refractivity contribution is 0.279. The molecule has 19 heavy (non-hydrogen) atoms. The number of aryl methyl sites for hydroxylation is 1. The van der Waals surface area contributed by atoms with Gasteiger partial charge < -0.3 is 9.53 Å². The van der Waals surface area contributed by atoms with Gasteiger partial charge in [0.1, 0.15) is 5.75 Å². The maximum atomic E-state index is 9.39. The third-order valence-corrected chi connectivity index (χ3v) is 8.58. The van der Waals surface area contributed by atoms with Crippen LogP contribution in [0.15, 0.2) is 24.3 Å². The van der Waals surface area contributed by atoms with Gasteiger partial charge in [-0.1, -0.05) is 32.9 Å². The molecular formula is C16H28O2Si. The minimum absolute atomic E-state index is 0.290. The van der Waals surface area contributed by atoms with E-state index in [1.165, 1.54) is 5.56 Å². The molecule has 0 saturated carbocycles. The van der Waals surface area contributed by atoms with Crippen molar-refractivity contribution in [1.29, 1.82) is 0 Å². The van der Waals surface area contributed by atoms with Crippen molar-refractivity contribution in [2.75, 3.05) is 6.61 Å². The van der Waals surface area contributed by atoms with Gasteiger partial charge in [-0.05, 0) is 55.1 Å². The zero-order valence-electron chi connectivity index (χ0n) is 13.0. The fourth-order valence-electron chi connectivity index (χ4n) is 1.69. The summed E-state index contributed by atoms with van der Waals surface area (Å²) in [6, 6.07) is 7.52. The van der Waals surface area contributed by atoms with E-state index in [1.807, 2.05) is 12.1 Å². The van der Waals surface area contributed by atoms with Crippen LogP contribution in [0.1, 0.15) is 39.2 Å². The van der Waals surface area contributed by atoms with Crippen LogP contribution in [0.25, 0.3) is 0 Å². The van der Waals surface area contributed by atoms with E-state index in [-0.39, 0.29) is 5.04 Å². The summed E-state index contributed by atoms with van der Waals surface area (Å²) in [5, 5.41) is 9.68. The molecule has 0 fully saturated rings. The van der Waals surface area contributed by atoms with Gasteiger partial charge in [-0.15, -0.1) is 0 Å². The Morgan fingerprint density at radius 2 is 1.84 bits per heavy atom. The summed E-state index contributed by atoms with van der Waals surface area (Å²) in [7, 11) is -1.58. The predicted molar refractivity (Wildman–Crippen MR) is 84.2 cm³/mol. The van der Waals surface area contributed by atoms with Crippen molar-refractivity contribution in [3.63, 3.8) is 0 Å². The molecular weight excluding hydrogens is 252 g/mol. The second-order valence-corrected chi connectivity index (χ2v) is 11.5. The molecule has 108 valence electrons. The molecule has 0 radical (unpaired) electrons. The maximum Gasteiger partial charge on any atom is 0.191 e. The Hall–Kier alpha value is -0.803. The van der Waals surface area contributed by atoms with Crippen LogP contribution in [-0.2, 0) is 10.8 Å². The average Bonchev–Trinajstić information content (AvgIpc) is 2.27. The first-order valence-electron chi connectivity index (χ1n) is 7.14. The predicted octanol–water partition coefficient (Wildman–Crippen LogP) is 4.74. The third-order valence-electron chi connectivity index (χ3n) is 4.04. The second-order valence-electron chi connectivity index (χ2n) is 6.74. The molecule has 0 aliphatic carbocycles. The van der Waals surface area contributed by atoms with Gasteiger partial charge >= 0.3 is 0 Å². The highest BCUT2D eigenvalue weighted by atomic mass is 28.4. The Balaban J connectivity index is 2.25. The minimum Gasteiger partial charge on any atom is -0.508 e. The first-order valence-corrected chi connectivity index (χ1v) is 10.0. The Morgan fingerprint density at radius 3 is 2.42 bits per heavy atom. The molecule has 0 aliphatic rings. The van der Waals surface area contributed by atoms with E-state index in [0.29, 0.717) is 5.75 Å². The monoisotopic (exact) mass is 280 g/mol. The molecule has 1 aromatic carbocycles. The van der Waals surface area contributed by atoms with E-state index in [9.17, 15) is 5.11 Å². The SMILES string of the molecule is CC(C)(C)[Si](C)(C)OCCCCc1cccc(O)c1. The Labute approximate surface area is 118 Å². The van der Waals surface area contributed by atoms with Crippen LogP contribution < -0.4 is 0 Å². The summed E-state index contributed by atoms with van der Waals surface area (Å²) in [4.78, 5) is 0. The molecule has 1 rings (SSSR count). The topological polar surface area (TPSA) is 29.5 Å². The van der Waals surface area contributed by atoms with Gasteiger partial charge in [-0.2, -0.15) is 0 Å². The number of hydrogen-bond donors (Lipinski definition) is 1. The standard InChI is InChI=1S/C16H28O2Si/c1-16(2,3)19(4,5)18-12-7-6-9-14-10-8-11-15(17)13-14/h8,10-11,13,17H,6-7,9,12H2,1-5H3. The van der Waals surface area contributed by atoms with E-state index in [0.717, 1.165) is 25.9 Å². The van der Waals surface area contributed by atoms with Crippen LogP contribution in [0.4, 0.5) is 0 Å². The minimum atomic E-state index is -1.58. The lowest BCUT2D eigenvalue weighted by Gasteiger charge is -2.36. The summed E-state index contributed by atoms with van der Waals surface area (Å²) in [5.74, 6) is 0.357. The number of phenols is 1. The van der Waals surface area contributed by atoms with E-state index in [2.05, 4.69) is 39.9 Å². The first-order chi connectivity index (χ1) is 8.72. The number of unbranched alkanes of at least 4 members (excludes halogenated alkanes) is 1. The van der Waals surface area contributed by atoms with Crippen LogP contribution in [0.5, 0.6) is 5.75 Å². The highest BCUT2D eigenvalue weighted by molar-refractivity contribution is 6.74. The lowest BCUT2D eigenvalue weighted by Crippen LogP contribution is -2.40. The van der Waals surface area contributed by atoms with Crippen molar-refractivity contribution in [3.8, 4) is 5.75 Å². The summed E-state index contributed by atoms with van der Waals surface area (Å²) in [6.07, 6.45) is 3.20.